The monoisotopic (exact) mass is 463 g/mol. The maximum absolute atomic E-state index is 12.4. The molecule has 0 bridgehead atoms. The molecule has 0 atom stereocenters. The second kappa shape index (κ2) is 11.4. The molecule has 0 spiro atoms. The molecule has 174 valence electrons. The van der Waals surface area contributed by atoms with Gasteiger partial charge in [-0.1, -0.05) is 13.8 Å². The number of nitrogens with one attached hydrogen (secondary N) is 1. The van der Waals surface area contributed by atoms with Crippen molar-refractivity contribution in [3.05, 3.63) is 48.0 Å². The minimum atomic E-state index is -3.77. The lowest BCUT2D eigenvalue weighted by molar-refractivity contribution is -0.119. The van der Waals surface area contributed by atoms with E-state index >= 15 is 0 Å². The van der Waals surface area contributed by atoms with Crippen molar-refractivity contribution in [3.63, 3.8) is 0 Å². The first-order chi connectivity index (χ1) is 15.1. The predicted molar refractivity (Wildman–Crippen MR) is 124 cm³/mol. The molecular formula is C22H29N3O6S. The Balaban J connectivity index is 2.06. The van der Waals surface area contributed by atoms with Crippen molar-refractivity contribution in [1.29, 1.82) is 0 Å². The van der Waals surface area contributed by atoms with Gasteiger partial charge >= 0.3 is 0 Å². The van der Waals surface area contributed by atoms with Crippen LogP contribution in [0.3, 0.4) is 0 Å². The highest BCUT2D eigenvalue weighted by molar-refractivity contribution is 7.92. The van der Waals surface area contributed by atoms with Gasteiger partial charge < -0.3 is 14.2 Å². The zero-order valence-electron chi connectivity index (χ0n) is 18.9. The molecule has 0 radical (unpaired) electrons. The van der Waals surface area contributed by atoms with Gasteiger partial charge in [-0.15, -0.1) is 0 Å². The average molecular weight is 464 g/mol. The standard InChI is InChI=1S/C22H29N3O6S/c1-16(2)15-31-18-8-6-17(7-9-18)13-23-24-22(26)14-25(32(5,27)28)20-11-10-19(29-3)12-21(20)30-4/h6-13,16H,14-15H2,1-5H3,(H,24,26)/b23-13-. The summed E-state index contributed by atoms with van der Waals surface area (Å²) in [5.41, 5.74) is 3.31. The van der Waals surface area contributed by atoms with Gasteiger partial charge in [-0.2, -0.15) is 5.10 Å². The Hall–Kier alpha value is -3.27. The van der Waals surface area contributed by atoms with Gasteiger partial charge in [0.25, 0.3) is 5.91 Å². The number of anilines is 1. The van der Waals surface area contributed by atoms with E-state index in [1.165, 1.54) is 32.6 Å². The summed E-state index contributed by atoms with van der Waals surface area (Å²) in [7, 11) is -0.881. The molecule has 0 aliphatic rings. The highest BCUT2D eigenvalue weighted by Gasteiger charge is 2.24. The number of rotatable bonds is 11. The number of hydrogen-bond donors (Lipinski definition) is 1. The van der Waals surface area contributed by atoms with E-state index in [2.05, 4.69) is 24.4 Å². The average Bonchev–Trinajstić information content (AvgIpc) is 2.75. The summed E-state index contributed by atoms with van der Waals surface area (Å²) in [5, 5.41) is 3.91. The fourth-order valence-corrected chi connectivity index (χ4v) is 3.49. The van der Waals surface area contributed by atoms with E-state index in [1.54, 1.807) is 18.2 Å². The van der Waals surface area contributed by atoms with Gasteiger partial charge in [0.15, 0.2) is 0 Å². The summed E-state index contributed by atoms with van der Waals surface area (Å²) in [5.74, 6) is 1.31. The Kier molecular flexibility index (Phi) is 8.89. The number of hydrogen-bond acceptors (Lipinski definition) is 7. The lowest BCUT2D eigenvalue weighted by Crippen LogP contribution is -2.39. The third-order valence-electron chi connectivity index (χ3n) is 4.21. The minimum Gasteiger partial charge on any atom is -0.497 e. The summed E-state index contributed by atoms with van der Waals surface area (Å²) in [6.07, 6.45) is 2.47. The summed E-state index contributed by atoms with van der Waals surface area (Å²) in [4.78, 5) is 12.4. The van der Waals surface area contributed by atoms with Crippen LogP contribution in [0.4, 0.5) is 5.69 Å². The maximum Gasteiger partial charge on any atom is 0.260 e. The lowest BCUT2D eigenvalue weighted by Gasteiger charge is -2.23. The Labute approximate surface area is 189 Å². The third-order valence-corrected chi connectivity index (χ3v) is 5.34. The molecule has 2 aromatic carbocycles. The number of carbonyl (C=O) groups excluding carboxylic acids is 1. The van der Waals surface area contributed by atoms with Crippen molar-refractivity contribution in [1.82, 2.24) is 5.43 Å². The molecule has 9 nitrogen and oxygen atoms in total. The van der Waals surface area contributed by atoms with Crippen LogP contribution in [0.25, 0.3) is 0 Å². The Morgan fingerprint density at radius 1 is 1.09 bits per heavy atom. The third kappa shape index (κ3) is 7.45. The van der Waals surface area contributed by atoms with Crippen molar-refractivity contribution in [2.45, 2.75) is 13.8 Å². The lowest BCUT2D eigenvalue weighted by atomic mass is 10.2. The summed E-state index contributed by atoms with van der Waals surface area (Å²) >= 11 is 0. The fraction of sp³-hybridized carbons (Fsp3) is 0.364. The van der Waals surface area contributed by atoms with E-state index < -0.39 is 22.5 Å². The molecule has 0 unspecified atom stereocenters. The van der Waals surface area contributed by atoms with Crippen LogP contribution in [0.15, 0.2) is 47.6 Å². The minimum absolute atomic E-state index is 0.215. The molecule has 2 rings (SSSR count). The van der Waals surface area contributed by atoms with E-state index in [-0.39, 0.29) is 11.4 Å². The van der Waals surface area contributed by atoms with Gasteiger partial charge in [-0.25, -0.2) is 13.8 Å². The van der Waals surface area contributed by atoms with Crippen molar-refractivity contribution >= 4 is 27.8 Å². The molecule has 0 aromatic heterocycles. The molecule has 0 saturated carbocycles. The topological polar surface area (TPSA) is 107 Å². The van der Waals surface area contributed by atoms with Gasteiger partial charge in [-0.3, -0.25) is 9.10 Å². The number of ether oxygens (including phenoxy) is 3. The zero-order valence-corrected chi connectivity index (χ0v) is 19.7. The largest absolute Gasteiger partial charge is 0.497 e. The van der Waals surface area contributed by atoms with E-state index in [1.807, 2.05) is 12.1 Å². The van der Waals surface area contributed by atoms with Crippen LogP contribution in [-0.2, 0) is 14.8 Å². The van der Waals surface area contributed by atoms with Crippen LogP contribution in [-0.4, -0.2) is 54.2 Å². The second-order valence-electron chi connectivity index (χ2n) is 7.37. The van der Waals surface area contributed by atoms with Gasteiger partial charge in [-0.05, 0) is 47.9 Å². The van der Waals surface area contributed by atoms with Gasteiger partial charge in [0.1, 0.15) is 23.8 Å². The van der Waals surface area contributed by atoms with Crippen molar-refractivity contribution < 1.29 is 27.4 Å². The molecule has 1 amide bonds. The van der Waals surface area contributed by atoms with Crippen molar-refractivity contribution in [3.8, 4) is 17.2 Å². The zero-order chi connectivity index (χ0) is 23.7. The summed E-state index contributed by atoms with van der Waals surface area (Å²) in [6, 6.07) is 11.9. The number of methoxy groups -OCH3 is 2. The number of sulfonamides is 1. The van der Waals surface area contributed by atoms with Crippen LogP contribution in [0, 0.1) is 5.92 Å². The Morgan fingerprint density at radius 2 is 1.75 bits per heavy atom. The normalized spacial score (nSPS) is 11.4. The Morgan fingerprint density at radius 3 is 2.31 bits per heavy atom. The highest BCUT2D eigenvalue weighted by Crippen LogP contribution is 2.33. The first kappa shape index (κ1) is 25.0. The number of benzene rings is 2. The van der Waals surface area contributed by atoms with Gasteiger partial charge in [0.05, 0.1) is 39.0 Å². The van der Waals surface area contributed by atoms with E-state index in [0.717, 1.165) is 21.9 Å². The molecule has 1 N–H and O–H groups in total. The highest BCUT2D eigenvalue weighted by atomic mass is 32.2. The maximum atomic E-state index is 12.4. The SMILES string of the molecule is COc1ccc(N(CC(=O)N/N=C\c2ccc(OCC(C)C)cc2)S(C)(=O)=O)c(OC)c1. The summed E-state index contributed by atoms with van der Waals surface area (Å²) < 4.78 is 41.6. The summed E-state index contributed by atoms with van der Waals surface area (Å²) in [6.45, 7) is 4.29. The smallest absolute Gasteiger partial charge is 0.260 e. The molecule has 10 heteroatoms. The number of nitrogens with zero attached hydrogens (tertiary/aromatic N) is 2. The van der Waals surface area contributed by atoms with Crippen LogP contribution >= 0.6 is 0 Å². The molecule has 0 fully saturated rings. The van der Waals surface area contributed by atoms with Crippen molar-refractivity contribution in [2.24, 2.45) is 11.0 Å². The Bertz CT molecular complexity index is 1040. The number of carbonyl (C=O) groups is 1. The molecule has 0 saturated heterocycles. The van der Waals surface area contributed by atoms with Gasteiger partial charge in [0, 0.05) is 6.07 Å². The van der Waals surface area contributed by atoms with E-state index in [0.29, 0.717) is 18.3 Å². The van der Waals surface area contributed by atoms with Crippen LogP contribution in [0.5, 0.6) is 17.2 Å². The predicted octanol–water partition coefficient (Wildman–Crippen LogP) is 2.65. The second-order valence-corrected chi connectivity index (χ2v) is 9.28. The van der Waals surface area contributed by atoms with Crippen LogP contribution < -0.4 is 23.9 Å². The number of amides is 1. The molecule has 0 heterocycles. The first-order valence-corrected chi connectivity index (χ1v) is 11.7. The fourth-order valence-electron chi connectivity index (χ4n) is 2.63. The van der Waals surface area contributed by atoms with E-state index in [4.69, 9.17) is 14.2 Å². The molecule has 2 aromatic rings. The molecular weight excluding hydrogens is 434 g/mol. The number of hydrazone groups is 1. The van der Waals surface area contributed by atoms with Crippen LogP contribution in [0.2, 0.25) is 0 Å². The molecule has 32 heavy (non-hydrogen) atoms. The first-order valence-electron chi connectivity index (χ1n) is 9.88. The molecule has 0 aliphatic heterocycles. The molecule has 0 aliphatic carbocycles. The van der Waals surface area contributed by atoms with Crippen LogP contribution in [0.1, 0.15) is 19.4 Å². The van der Waals surface area contributed by atoms with Gasteiger partial charge in [0.2, 0.25) is 10.0 Å². The van der Waals surface area contributed by atoms with E-state index in [9.17, 15) is 13.2 Å². The van der Waals surface area contributed by atoms with Crippen molar-refractivity contribution in [2.75, 3.05) is 37.9 Å². The quantitative estimate of drug-likeness (QED) is 0.406.